The summed E-state index contributed by atoms with van der Waals surface area (Å²) >= 11 is 3.52. The van der Waals surface area contributed by atoms with Crippen LogP contribution in [-0.2, 0) is 6.54 Å². The van der Waals surface area contributed by atoms with Gasteiger partial charge in [-0.25, -0.2) is 0 Å². The van der Waals surface area contributed by atoms with Crippen molar-refractivity contribution < 1.29 is 4.74 Å². The molecule has 1 aromatic carbocycles. The minimum atomic E-state index is 0.705. The van der Waals surface area contributed by atoms with E-state index < -0.39 is 0 Å². The van der Waals surface area contributed by atoms with Crippen molar-refractivity contribution in [1.82, 2.24) is 10.2 Å². The normalized spacial score (nSPS) is 11.1. The number of ether oxygens (including phenoxy) is 1. The highest BCUT2D eigenvalue weighted by Gasteiger charge is 2.04. The number of benzene rings is 1. The van der Waals surface area contributed by atoms with E-state index in [0.717, 1.165) is 42.9 Å². The highest BCUT2D eigenvalue weighted by Crippen LogP contribution is 2.23. The fourth-order valence-electron chi connectivity index (χ4n) is 2.17. The highest BCUT2D eigenvalue weighted by molar-refractivity contribution is 9.10. The third-order valence-electron chi connectivity index (χ3n) is 3.36. The maximum absolute atomic E-state index is 5.65. The first-order valence-corrected chi connectivity index (χ1v) is 8.34. The lowest BCUT2D eigenvalue weighted by Crippen LogP contribution is -2.27. The zero-order valence-electron chi connectivity index (χ0n) is 12.9. The van der Waals surface area contributed by atoms with E-state index >= 15 is 0 Å². The summed E-state index contributed by atoms with van der Waals surface area (Å²) in [4.78, 5) is 2.45. The first kappa shape index (κ1) is 17.5. The Bertz CT molecular complexity index is 381. The molecule has 0 spiro atoms. The van der Waals surface area contributed by atoms with Crippen LogP contribution in [0.2, 0.25) is 0 Å². The fourth-order valence-corrected chi connectivity index (χ4v) is 2.58. The predicted molar refractivity (Wildman–Crippen MR) is 89.4 cm³/mol. The molecule has 4 heteroatoms. The van der Waals surface area contributed by atoms with Gasteiger partial charge in [-0.1, -0.05) is 29.8 Å². The summed E-state index contributed by atoms with van der Waals surface area (Å²) in [5.74, 6) is 0.979. The Morgan fingerprint density at radius 2 is 1.95 bits per heavy atom. The van der Waals surface area contributed by atoms with Crippen LogP contribution in [0.25, 0.3) is 0 Å². The molecule has 0 aliphatic rings. The van der Waals surface area contributed by atoms with Crippen molar-refractivity contribution in [3.05, 3.63) is 28.2 Å². The van der Waals surface area contributed by atoms with Crippen molar-refractivity contribution in [3.63, 3.8) is 0 Å². The van der Waals surface area contributed by atoms with Crippen molar-refractivity contribution in [2.24, 2.45) is 0 Å². The Morgan fingerprint density at radius 3 is 2.60 bits per heavy atom. The largest absolute Gasteiger partial charge is 0.494 e. The molecule has 0 amide bonds. The third-order valence-corrected chi connectivity index (χ3v) is 3.85. The molecule has 0 fully saturated rings. The standard InChI is InChI=1S/C16H27BrN2O/c1-4-19(5-2)11-7-10-18-13-14-12-15(17)8-9-16(14)20-6-3/h8-9,12,18H,4-7,10-11,13H2,1-3H3. The molecule has 1 N–H and O–H groups in total. The predicted octanol–water partition coefficient (Wildman–Crippen LogP) is 3.67. The smallest absolute Gasteiger partial charge is 0.123 e. The monoisotopic (exact) mass is 342 g/mol. The van der Waals surface area contributed by atoms with Crippen molar-refractivity contribution >= 4 is 15.9 Å². The molecule has 0 heterocycles. The van der Waals surface area contributed by atoms with E-state index in [2.05, 4.69) is 46.1 Å². The zero-order valence-corrected chi connectivity index (χ0v) is 14.5. The molecule has 0 radical (unpaired) electrons. The van der Waals surface area contributed by atoms with Crippen LogP contribution in [0.4, 0.5) is 0 Å². The lowest BCUT2D eigenvalue weighted by atomic mass is 10.2. The molecule has 0 aliphatic heterocycles. The molecule has 0 aliphatic carbocycles. The van der Waals surface area contributed by atoms with Gasteiger partial charge in [0.05, 0.1) is 6.61 Å². The first-order valence-electron chi connectivity index (χ1n) is 7.55. The Morgan fingerprint density at radius 1 is 1.20 bits per heavy atom. The fraction of sp³-hybridized carbons (Fsp3) is 0.625. The molecule has 0 saturated heterocycles. The first-order chi connectivity index (χ1) is 9.71. The van der Waals surface area contributed by atoms with E-state index in [1.807, 2.05) is 19.1 Å². The van der Waals surface area contributed by atoms with E-state index in [4.69, 9.17) is 4.74 Å². The summed E-state index contributed by atoms with van der Waals surface area (Å²) < 4.78 is 6.75. The van der Waals surface area contributed by atoms with Gasteiger partial charge in [0.15, 0.2) is 0 Å². The van der Waals surface area contributed by atoms with Gasteiger partial charge in [0.1, 0.15) is 5.75 Å². The van der Waals surface area contributed by atoms with E-state index in [0.29, 0.717) is 6.61 Å². The van der Waals surface area contributed by atoms with Crippen molar-refractivity contribution in [1.29, 1.82) is 0 Å². The second-order valence-electron chi connectivity index (χ2n) is 4.74. The van der Waals surface area contributed by atoms with E-state index in [9.17, 15) is 0 Å². The summed E-state index contributed by atoms with van der Waals surface area (Å²) in [7, 11) is 0. The Labute approximate surface area is 131 Å². The molecule has 0 unspecified atom stereocenters. The topological polar surface area (TPSA) is 24.5 Å². The van der Waals surface area contributed by atoms with Gasteiger partial charge in [-0.3, -0.25) is 0 Å². The number of halogens is 1. The molecule has 0 saturated carbocycles. The van der Waals surface area contributed by atoms with Gasteiger partial charge >= 0.3 is 0 Å². The summed E-state index contributed by atoms with van der Waals surface area (Å²) in [5, 5.41) is 3.50. The van der Waals surface area contributed by atoms with E-state index in [1.165, 1.54) is 12.0 Å². The van der Waals surface area contributed by atoms with Crippen LogP contribution in [0.5, 0.6) is 5.75 Å². The average molecular weight is 343 g/mol. The number of nitrogens with one attached hydrogen (secondary N) is 1. The maximum Gasteiger partial charge on any atom is 0.123 e. The maximum atomic E-state index is 5.65. The molecule has 0 atom stereocenters. The number of hydrogen-bond acceptors (Lipinski definition) is 3. The number of rotatable bonds is 10. The van der Waals surface area contributed by atoms with Gasteiger partial charge in [0, 0.05) is 16.6 Å². The molecule has 3 nitrogen and oxygen atoms in total. The van der Waals surface area contributed by atoms with Crippen LogP contribution in [0.3, 0.4) is 0 Å². The minimum Gasteiger partial charge on any atom is -0.494 e. The third kappa shape index (κ3) is 6.25. The summed E-state index contributed by atoms with van der Waals surface area (Å²) in [6, 6.07) is 6.18. The Balaban J connectivity index is 2.35. The van der Waals surface area contributed by atoms with Crippen LogP contribution in [0.15, 0.2) is 22.7 Å². The van der Waals surface area contributed by atoms with Crippen molar-refractivity contribution in [2.45, 2.75) is 33.7 Å². The number of hydrogen-bond donors (Lipinski definition) is 1. The van der Waals surface area contributed by atoms with Crippen molar-refractivity contribution in [3.8, 4) is 5.75 Å². The van der Waals surface area contributed by atoms with Gasteiger partial charge in [-0.2, -0.15) is 0 Å². The van der Waals surface area contributed by atoms with E-state index in [-0.39, 0.29) is 0 Å². The van der Waals surface area contributed by atoms with Crippen LogP contribution in [-0.4, -0.2) is 37.7 Å². The Kier molecular flexibility index (Phi) is 8.90. The lowest BCUT2D eigenvalue weighted by molar-refractivity contribution is 0.297. The SMILES string of the molecule is CCOc1ccc(Br)cc1CNCCCN(CC)CC. The molecule has 20 heavy (non-hydrogen) atoms. The second kappa shape index (κ2) is 10.2. The quantitative estimate of drug-likeness (QED) is 0.656. The van der Waals surface area contributed by atoms with Gasteiger partial charge in [-0.05, 0) is 57.7 Å². The van der Waals surface area contributed by atoms with Gasteiger partial charge in [-0.15, -0.1) is 0 Å². The summed E-state index contributed by atoms with van der Waals surface area (Å²) in [6.45, 7) is 12.5. The van der Waals surface area contributed by atoms with Crippen LogP contribution in [0.1, 0.15) is 32.8 Å². The van der Waals surface area contributed by atoms with Crippen LogP contribution < -0.4 is 10.1 Å². The summed E-state index contributed by atoms with van der Waals surface area (Å²) in [5.41, 5.74) is 1.21. The lowest BCUT2D eigenvalue weighted by Gasteiger charge is -2.18. The molecule has 0 bridgehead atoms. The second-order valence-corrected chi connectivity index (χ2v) is 5.66. The summed E-state index contributed by atoms with van der Waals surface area (Å²) in [6.07, 6.45) is 1.18. The molecular weight excluding hydrogens is 316 g/mol. The van der Waals surface area contributed by atoms with Crippen LogP contribution in [0, 0.1) is 0 Å². The minimum absolute atomic E-state index is 0.705. The molecule has 1 rings (SSSR count). The van der Waals surface area contributed by atoms with Crippen LogP contribution >= 0.6 is 15.9 Å². The van der Waals surface area contributed by atoms with Crippen molar-refractivity contribution in [2.75, 3.05) is 32.8 Å². The Hall–Kier alpha value is -0.580. The van der Waals surface area contributed by atoms with Gasteiger partial charge < -0.3 is 15.0 Å². The van der Waals surface area contributed by atoms with Gasteiger partial charge in [0.25, 0.3) is 0 Å². The number of nitrogens with zero attached hydrogens (tertiary/aromatic N) is 1. The molecular formula is C16H27BrN2O. The average Bonchev–Trinajstić information content (AvgIpc) is 2.45. The molecule has 1 aromatic rings. The zero-order chi connectivity index (χ0) is 14.8. The molecule has 114 valence electrons. The van der Waals surface area contributed by atoms with Gasteiger partial charge in [0.2, 0.25) is 0 Å². The molecule has 0 aromatic heterocycles. The van der Waals surface area contributed by atoms with E-state index in [1.54, 1.807) is 0 Å². The highest BCUT2D eigenvalue weighted by atomic mass is 79.9.